The number of benzene rings is 3. The quantitative estimate of drug-likeness (QED) is 0.210. The van der Waals surface area contributed by atoms with Crippen LogP contribution in [0.15, 0.2) is 91.5 Å². The number of hydrogen-bond donors (Lipinski definition) is 0. The van der Waals surface area contributed by atoms with E-state index in [1.54, 1.807) is 0 Å². The molecular weight excluding hydrogens is 432 g/mol. The molecule has 4 heteroatoms. The topological polar surface area (TPSA) is 24.9 Å². The van der Waals surface area contributed by atoms with Gasteiger partial charge >= 0.3 is 0 Å². The standard InChI is InChI=1S/C31H40N2O2/c1-6-30(25-11-8-7-9-12-25)31(27-15-19-29(20-16-27)35-24-22-33(4)5)26-13-17-28(18-14-26)34-23-10-21-32(2)3/h6-9,11-20,30-31H,1,10,21-24H2,2-5H3. The summed E-state index contributed by atoms with van der Waals surface area (Å²) in [7, 11) is 8.27. The Kier molecular flexibility index (Phi) is 10.4. The van der Waals surface area contributed by atoms with Gasteiger partial charge < -0.3 is 19.3 Å². The number of nitrogens with zero attached hydrogens (tertiary/aromatic N) is 2. The van der Waals surface area contributed by atoms with Crippen molar-refractivity contribution in [2.75, 3.05) is 54.5 Å². The molecule has 3 aromatic carbocycles. The fourth-order valence-electron chi connectivity index (χ4n) is 4.21. The first-order valence-electron chi connectivity index (χ1n) is 12.4. The number of rotatable bonds is 14. The average molecular weight is 473 g/mol. The molecule has 0 amide bonds. The maximum absolute atomic E-state index is 5.97. The van der Waals surface area contributed by atoms with Gasteiger partial charge in [-0.3, -0.25) is 0 Å². The Morgan fingerprint density at radius 1 is 0.657 bits per heavy atom. The zero-order valence-corrected chi connectivity index (χ0v) is 21.7. The summed E-state index contributed by atoms with van der Waals surface area (Å²) in [6, 6.07) is 27.7. The Bertz CT molecular complexity index is 998. The van der Waals surface area contributed by atoms with Gasteiger partial charge in [0.1, 0.15) is 18.1 Å². The van der Waals surface area contributed by atoms with Crippen LogP contribution in [0, 0.1) is 0 Å². The van der Waals surface area contributed by atoms with Gasteiger partial charge in [0.15, 0.2) is 0 Å². The molecule has 0 N–H and O–H groups in total. The van der Waals surface area contributed by atoms with E-state index in [9.17, 15) is 0 Å². The summed E-state index contributed by atoms with van der Waals surface area (Å²) in [5.41, 5.74) is 3.72. The lowest BCUT2D eigenvalue weighted by atomic mass is 9.77. The molecule has 2 unspecified atom stereocenters. The highest BCUT2D eigenvalue weighted by molar-refractivity contribution is 5.43. The van der Waals surface area contributed by atoms with Crippen LogP contribution in [0.4, 0.5) is 0 Å². The van der Waals surface area contributed by atoms with Crippen LogP contribution >= 0.6 is 0 Å². The molecule has 0 spiro atoms. The molecule has 0 aliphatic rings. The smallest absolute Gasteiger partial charge is 0.119 e. The lowest BCUT2D eigenvalue weighted by Gasteiger charge is -2.27. The lowest BCUT2D eigenvalue weighted by Crippen LogP contribution is -2.19. The van der Waals surface area contributed by atoms with Crippen molar-refractivity contribution in [2.24, 2.45) is 0 Å². The summed E-state index contributed by atoms with van der Waals surface area (Å²) in [4.78, 5) is 4.29. The first-order valence-corrected chi connectivity index (χ1v) is 12.4. The van der Waals surface area contributed by atoms with E-state index in [0.717, 1.165) is 37.6 Å². The third kappa shape index (κ3) is 8.27. The number of hydrogen-bond acceptors (Lipinski definition) is 4. The predicted molar refractivity (Wildman–Crippen MR) is 147 cm³/mol. The number of allylic oxidation sites excluding steroid dienone is 1. The van der Waals surface area contributed by atoms with E-state index in [0.29, 0.717) is 6.61 Å². The Balaban J connectivity index is 1.83. The van der Waals surface area contributed by atoms with Crippen LogP contribution in [0.2, 0.25) is 0 Å². The van der Waals surface area contributed by atoms with E-state index in [4.69, 9.17) is 9.47 Å². The van der Waals surface area contributed by atoms with Crippen LogP contribution in [0.5, 0.6) is 11.5 Å². The maximum Gasteiger partial charge on any atom is 0.119 e. The second kappa shape index (κ2) is 13.7. The molecule has 2 atom stereocenters. The van der Waals surface area contributed by atoms with Crippen LogP contribution in [0.1, 0.15) is 34.9 Å². The second-order valence-electron chi connectivity index (χ2n) is 9.44. The van der Waals surface area contributed by atoms with Gasteiger partial charge in [0, 0.05) is 24.9 Å². The van der Waals surface area contributed by atoms with Gasteiger partial charge in [-0.25, -0.2) is 0 Å². The van der Waals surface area contributed by atoms with Crippen molar-refractivity contribution in [1.29, 1.82) is 0 Å². The molecule has 0 radical (unpaired) electrons. The summed E-state index contributed by atoms with van der Waals surface area (Å²) in [6.45, 7) is 7.51. The zero-order valence-electron chi connectivity index (χ0n) is 21.7. The maximum atomic E-state index is 5.97. The van der Waals surface area contributed by atoms with Gasteiger partial charge in [0.25, 0.3) is 0 Å². The van der Waals surface area contributed by atoms with E-state index in [-0.39, 0.29) is 11.8 Å². The van der Waals surface area contributed by atoms with E-state index in [1.165, 1.54) is 16.7 Å². The van der Waals surface area contributed by atoms with Gasteiger partial charge in [-0.1, -0.05) is 60.7 Å². The molecular formula is C31H40N2O2. The monoisotopic (exact) mass is 472 g/mol. The Hall–Kier alpha value is -3.08. The van der Waals surface area contributed by atoms with Gasteiger partial charge in [0.05, 0.1) is 6.61 Å². The van der Waals surface area contributed by atoms with Crippen LogP contribution in [0.3, 0.4) is 0 Å². The van der Waals surface area contributed by atoms with Crippen LogP contribution in [0.25, 0.3) is 0 Å². The molecule has 0 aliphatic carbocycles. The van der Waals surface area contributed by atoms with E-state index >= 15 is 0 Å². The average Bonchev–Trinajstić information content (AvgIpc) is 2.86. The van der Waals surface area contributed by atoms with Crippen LogP contribution in [-0.2, 0) is 0 Å². The zero-order chi connectivity index (χ0) is 25.0. The molecule has 0 aliphatic heterocycles. The van der Waals surface area contributed by atoms with Crippen molar-refractivity contribution in [2.45, 2.75) is 18.3 Å². The first kappa shape index (κ1) is 26.5. The van der Waals surface area contributed by atoms with Gasteiger partial charge in [-0.15, -0.1) is 6.58 Å². The van der Waals surface area contributed by atoms with Crippen molar-refractivity contribution in [3.05, 3.63) is 108 Å². The van der Waals surface area contributed by atoms with E-state index in [2.05, 4.69) is 130 Å². The number of ether oxygens (including phenoxy) is 2. The largest absolute Gasteiger partial charge is 0.494 e. The molecule has 0 aromatic heterocycles. The summed E-state index contributed by atoms with van der Waals surface area (Å²) in [5, 5.41) is 0. The minimum absolute atomic E-state index is 0.133. The third-order valence-corrected chi connectivity index (χ3v) is 6.10. The summed E-state index contributed by atoms with van der Waals surface area (Å²) < 4.78 is 11.9. The lowest BCUT2D eigenvalue weighted by molar-refractivity contribution is 0.261. The van der Waals surface area contributed by atoms with Crippen molar-refractivity contribution >= 4 is 0 Å². The van der Waals surface area contributed by atoms with Crippen LogP contribution in [-0.4, -0.2) is 64.3 Å². The third-order valence-electron chi connectivity index (χ3n) is 6.10. The van der Waals surface area contributed by atoms with Gasteiger partial charge in [-0.2, -0.15) is 0 Å². The predicted octanol–water partition coefficient (Wildman–Crippen LogP) is 6.06. The molecule has 186 valence electrons. The molecule has 0 fully saturated rings. The summed E-state index contributed by atoms with van der Waals surface area (Å²) in [6.07, 6.45) is 3.07. The summed E-state index contributed by atoms with van der Waals surface area (Å²) >= 11 is 0. The normalized spacial score (nSPS) is 13.0. The molecule has 4 nitrogen and oxygen atoms in total. The van der Waals surface area contributed by atoms with Crippen molar-refractivity contribution in [3.63, 3.8) is 0 Å². The van der Waals surface area contributed by atoms with Crippen molar-refractivity contribution < 1.29 is 9.47 Å². The van der Waals surface area contributed by atoms with E-state index < -0.39 is 0 Å². The molecule has 0 saturated carbocycles. The SMILES string of the molecule is C=CC(c1ccccc1)C(c1ccc(OCCCN(C)C)cc1)c1ccc(OCCN(C)C)cc1. The number of likely N-dealkylation sites (N-methyl/N-ethyl adjacent to an activating group) is 1. The fraction of sp³-hybridized carbons (Fsp3) is 0.355. The minimum Gasteiger partial charge on any atom is -0.494 e. The Morgan fingerprint density at radius 2 is 1.17 bits per heavy atom. The second-order valence-corrected chi connectivity index (χ2v) is 9.44. The molecule has 0 saturated heterocycles. The minimum atomic E-state index is 0.133. The molecule has 35 heavy (non-hydrogen) atoms. The highest BCUT2D eigenvalue weighted by Crippen LogP contribution is 2.40. The van der Waals surface area contributed by atoms with Crippen molar-refractivity contribution in [3.8, 4) is 11.5 Å². The first-order chi connectivity index (χ1) is 17.0. The summed E-state index contributed by atoms with van der Waals surface area (Å²) in [5.74, 6) is 2.08. The van der Waals surface area contributed by atoms with Crippen LogP contribution < -0.4 is 9.47 Å². The van der Waals surface area contributed by atoms with Crippen molar-refractivity contribution in [1.82, 2.24) is 9.80 Å². The highest BCUT2D eigenvalue weighted by Gasteiger charge is 2.24. The Morgan fingerprint density at radius 3 is 1.66 bits per heavy atom. The molecule has 3 rings (SSSR count). The molecule has 0 bridgehead atoms. The fourth-order valence-corrected chi connectivity index (χ4v) is 4.21. The molecule has 0 heterocycles. The molecule has 3 aromatic rings. The highest BCUT2D eigenvalue weighted by atomic mass is 16.5. The van der Waals surface area contributed by atoms with Gasteiger partial charge in [0.2, 0.25) is 0 Å². The Labute approximate surface area is 211 Å². The van der Waals surface area contributed by atoms with E-state index in [1.807, 2.05) is 0 Å². The van der Waals surface area contributed by atoms with Gasteiger partial charge in [-0.05, 0) is 75.6 Å².